The fourth-order valence-corrected chi connectivity index (χ4v) is 34.8. The molecule has 0 aromatic rings. The summed E-state index contributed by atoms with van der Waals surface area (Å²) in [7, 11) is 0. The maximum absolute atomic E-state index is 13.2. The monoisotopic (exact) mass is 1840 g/mol. The molecule has 0 heterocycles. The maximum atomic E-state index is 13.2. The number of carbonyl (C=O) groups is 2. The molecule has 16 rings (SSSR count). The van der Waals surface area contributed by atoms with Crippen molar-refractivity contribution in [3.05, 3.63) is 48.6 Å². The molecule has 16 aliphatic carbocycles. The highest BCUT2D eigenvalue weighted by molar-refractivity contribution is 5.83. The third kappa shape index (κ3) is 18.7. The van der Waals surface area contributed by atoms with Crippen LogP contribution in [0.5, 0.6) is 0 Å². The SMILES string of the molecule is CC(/C=C/C(C)(O)C(F)(F)F)C1CCC2C3CC(=O)[C@@H]4C[C@H](O)CCC4(C)C3CCC12C.CC(/C=C/C(C)(O)C(F)(F)F)C1CCC2C3C[C@H](O)[C@@H]4CC(=O)CCC4(C)C3CCC12C.CC(/C=C/C(C)(O)C(F)(F)F)C1CCC2C3C[C@H](O)[C@@H]4C[C@H](O)CCC4(C)C3CCC12C.CC(C/C=C/C(C)(O)C(F)(F)F)C1CCC2C3C[C@H](O)[C@@H]4C[C@H](O)CCC4(C)C3CCC12C. The van der Waals surface area contributed by atoms with E-state index >= 15 is 0 Å². The maximum Gasteiger partial charge on any atom is 0.420 e. The topological polar surface area (TPSA) is 236 Å². The first-order valence-corrected chi connectivity index (χ1v) is 50.4. The average Bonchev–Trinajstić information content (AvgIpc) is 1.68. The van der Waals surface area contributed by atoms with Crippen LogP contribution in [0.25, 0.3) is 0 Å². The first kappa shape index (κ1) is 103. The van der Waals surface area contributed by atoms with Gasteiger partial charge in [-0.05, 0) is 424 Å². The van der Waals surface area contributed by atoms with Crippen molar-refractivity contribution < 1.29 is 113 Å². The van der Waals surface area contributed by atoms with Crippen molar-refractivity contribution in [1.29, 1.82) is 0 Å². The lowest BCUT2D eigenvalue weighted by Crippen LogP contribution is -2.58. The molecule has 0 aromatic heterocycles. The fraction of sp³-hybridized carbons (Fsp3) is 0.905. The van der Waals surface area contributed by atoms with Crippen molar-refractivity contribution in [2.75, 3.05) is 0 Å². The zero-order valence-electron chi connectivity index (χ0n) is 80.1. The predicted molar refractivity (Wildman–Crippen MR) is 473 cm³/mol. The standard InChI is InChI=1S/C27H43F3O3.C26H41F3O3.2C26H39F3O3/c1-16(6-5-11-26(4,33)27(28,29)30)19-7-8-20-18-15-23(32)22-14-17(31)9-12-25(22,3)21(18)10-13-24(19,20)2;3*1-15(7-12-25(4,32)26(27,28)29)18-5-6-19-17-14-22(31)21-13-16(30)8-10-24(21,3)20(17)9-11-23(18,19)2/h5,11,16-23,31-33H,6-10,12-15H2,1-4H3;7,12,15-22,30-32H,5-6,8-11,13-14H2,1-4H3;7,12,15,17-22,31-32H,5-6,8-11,13-14H2,1-4H3;7,12,15-21,30,32H,5-6,8-11,13-14H2,1-4H3/b11-5+;3*12-7+/t16?,17-,18?,19?,20?,21?,22+,23+,24?,25?,26?;15?,16-,17?,18?,19?,20?,21+,22+,23?,24?,25?;15?,17?,18?,19?,20?,21-,22-,23?,24?,25?;15?,16-,17?,18?,19?,20?,21+,23?,24?,25?/m1101/s1. The van der Waals surface area contributed by atoms with E-state index in [9.17, 15) is 113 Å². The normalized spacial score (nSPS) is 48.3. The number of aliphatic hydroxyl groups is 10. The number of allylic oxidation sites excluding steroid dienone is 4. The second-order valence-electron chi connectivity index (χ2n) is 49.3. The Labute approximate surface area is 761 Å². The zero-order valence-corrected chi connectivity index (χ0v) is 80.1. The number of ketones is 2. The van der Waals surface area contributed by atoms with Crippen LogP contribution in [-0.2, 0) is 9.59 Å². The Morgan fingerprint density at radius 2 is 0.597 bits per heavy atom. The van der Waals surface area contributed by atoms with Crippen molar-refractivity contribution in [3.63, 3.8) is 0 Å². The van der Waals surface area contributed by atoms with Crippen LogP contribution < -0.4 is 0 Å². The van der Waals surface area contributed by atoms with Crippen molar-refractivity contribution in [2.45, 2.75) is 406 Å². The molecule has 0 aliphatic heterocycles. The summed E-state index contributed by atoms with van der Waals surface area (Å²) in [5, 5.41) is 103. The van der Waals surface area contributed by atoms with Crippen LogP contribution in [0.2, 0.25) is 0 Å². The van der Waals surface area contributed by atoms with Crippen LogP contribution in [0.3, 0.4) is 0 Å². The van der Waals surface area contributed by atoms with E-state index in [0.29, 0.717) is 121 Å². The summed E-state index contributed by atoms with van der Waals surface area (Å²) >= 11 is 0. The van der Waals surface area contributed by atoms with Gasteiger partial charge in [0.05, 0.1) is 36.6 Å². The second-order valence-corrected chi connectivity index (χ2v) is 49.3. The minimum Gasteiger partial charge on any atom is -0.393 e. The van der Waals surface area contributed by atoms with E-state index in [-0.39, 0.29) is 145 Å². The largest absolute Gasteiger partial charge is 0.420 e. The molecule has 24 heteroatoms. The molecule has 16 fully saturated rings. The molecular weight excluding hydrogens is 1680 g/mol. The number of rotatable bonds is 13. The van der Waals surface area contributed by atoms with Crippen LogP contribution in [0, 0.1) is 185 Å². The number of hydrogen-bond acceptors (Lipinski definition) is 12. The lowest BCUT2D eigenvalue weighted by molar-refractivity contribution is -0.232. The van der Waals surface area contributed by atoms with E-state index in [4.69, 9.17) is 0 Å². The van der Waals surface area contributed by atoms with Gasteiger partial charge in [-0.3, -0.25) is 9.59 Å². The molecule has 738 valence electrons. The highest BCUT2D eigenvalue weighted by Crippen LogP contribution is 2.74. The first-order chi connectivity index (χ1) is 59.3. The number of hydrogen-bond donors (Lipinski definition) is 10. The summed E-state index contributed by atoms with van der Waals surface area (Å²) < 4.78 is 157. The molecule has 0 saturated heterocycles. The van der Waals surface area contributed by atoms with E-state index in [2.05, 4.69) is 62.3 Å². The van der Waals surface area contributed by atoms with Crippen molar-refractivity contribution >= 4 is 11.6 Å². The highest BCUT2D eigenvalue weighted by Gasteiger charge is 2.69. The van der Waals surface area contributed by atoms with Gasteiger partial charge in [-0.25, -0.2) is 0 Å². The first-order valence-electron chi connectivity index (χ1n) is 50.4. The Hall–Kier alpha value is -2.94. The average molecular weight is 1840 g/mol. The Balaban J connectivity index is 0.000000147. The minimum absolute atomic E-state index is 0.00654. The number of Topliss-reactive ketones (excluding diaryl/α,β-unsaturated/α-hetero) is 2. The quantitative estimate of drug-likeness (QED) is 0.0613. The van der Waals surface area contributed by atoms with Gasteiger partial charge >= 0.3 is 24.7 Å². The van der Waals surface area contributed by atoms with Crippen molar-refractivity contribution in [2.24, 2.45) is 185 Å². The molecule has 0 aromatic carbocycles. The predicted octanol–water partition coefficient (Wildman–Crippen LogP) is 22.7. The van der Waals surface area contributed by atoms with Gasteiger partial charge in [0.15, 0.2) is 22.4 Å². The van der Waals surface area contributed by atoms with E-state index < -0.39 is 53.2 Å². The van der Waals surface area contributed by atoms with Crippen molar-refractivity contribution in [3.8, 4) is 0 Å². The van der Waals surface area contributed by atoms with E-state index in [1.165, 1.54) is 6.08 Å². The van der Waals surface area contributed by atoms with Gasteiger partial charge in [-0.2, -0.15) is 52.7 Å². The number of aliphatic hydroxyl groups excluding tert-OH is 6. The van der Waals surface area contributed by atoms with Gasteiger partial charge in [-0.1, -0.05) is 107 Å². The van der Waals surface area contributed by atoms with Gasteiger partial charge in [0.2, 0.25) is 0 Å². The molecule has 0 bridgehead atoms. The van der Waals surface area contributed by atoms with Gasteiger partial charge in [0, 0.05) is 25.2 Å². The number of alkyl halides is 12. The van der Waals surface area contributed by atoms with Crippen LogP contribution in [0.15, 0.2) is 48.6 Å². The Morgan fingerprint density at radius 1 is 0.318 bits per heavy atom. The van der Waals surface area contributed by atoms with Crippen LogP contribution in [-0.4, -0.2) is 146 Å². The molecule has 0 amide bonds. The highest BCUT2D eigenvalue weighted by atomic mass is 19.4. The van der Waals surface area contributed by atoms with Gasteiger partial charge in [0.1, 0.15) is 11.6 Å². The fourth-order valence-electron chi connectivity index (χ4n) is 34.8. The molecule has 10 N–H and O–H groups in total. The molecule has 12 nitrogen and oxygen atoms in total. The molecule has 0 spiro atoms. The molecule has 16 aliphatic rings. The lowest BCUT2D eigenvalue weighted by Gasteiger charge is -2.62. The molecule has 0 radical (unpaired) electrons. The lowest BCUT2D eigenvalue weighted by atomic mass is 9.44. The Morgan fingerprint density at radius 3 is 0.953 bits per heavy atom. The summed E-state index contributed by atoms with van der Waals surface area (Å²) in [5.74, 6) is 8.06. The van der Waals surface area contributed by atoms with E-state index in [1.807, 2.05) is 20.8 Å². The number of fused-ring (bicyclic) bond motifs is 20. The minimum atomic E-state index is -4.69. The summed E-state index contributed by atoms with van der Waals surface area (Å²) in [6.45, 7) is 29.9. The van der Waals surface area contributed by atoms with Crippen LogP contribution >= 0.6 is 0 Å². The van der Waals surface area contributed by atoms with Crippen LogP contribution in [0.1, 0.15) is 323 Å². The number of halogens is 12. The summed E-state index contributed by atoms with van der Waals surface area (Å²) in [6.07, 6.45) is 18.8. The van der Waals surface area contributed by atoms with Crippen LogP contribution in [0.4, 0.5) is 52.7 Å². The molecule has 32 unspecified atom stereocenters. The second kappa shape index (κ2) is 36.4. The molecule has 16 saturated carbocycles. The molecular formula is C105H162F12O12. The Bertz CT molecular complexity index is 4040. The van der Waals surface area contributed by atoms with E-state index in [1.54, 1.807) is 18.2 Å². The summed E-state index contributed by atoms with van der Waals surface area (Å²) in [6, 6.07) is 0. The smallest absolute Gasteiger partial charge is 0.393 e. The summed E-state index contributed by atoms with van der Waals surface area (Å²) in [4.78, 5) is 25.3. The Kier molecular flexibility index (Phi) is 29.2. The van der Waals surface area contributed by atoms with Gasteiger partial charge in [-0.15, -0.1) is 0 Å². The third-order valence-electron chi connectivity index (χ3n) is 42.5. The number of carbonyl (C=O) groups excluding carboxylic acids is 2. The molecule has 129 heavy (non-hydrogen) atoms. The molecule has 42 atom stereocenters. The summed E-state index contributed by atoms with van der Waals surface area (Å²) in [5.41, 5.74) is -10.8. The van der Waals surface area contributed by atoms with Gasteiger partial charge in [0.25, 0.3) is 0 Å². The van der Waals surface area contributed by atoms with Crippen molar-refractivity contribution in [1.82, 2.24) is 0 Å². The van der Waals surface area contributed by atoms with Gasteiger partial charge < -0.3 is 51.1 Å². The third-order valence-corrected chi connectivity index (χ3v) is 42.5. The van der Waals surface area contributed by atoms with E-state index in [0.717, 1.165) is 225 Å². The zero-order chi connectivity index (χ0) is 95.5.